The van der Waals surface area contributed by atoms with Gasteiger partial charge in [0.25, 0.3) is 0 Å². The smallest absolute Gasteiger partial charge is 0.228 e. The Morgan fingerprint density at radius 3 is 2.61 bits per heavy atom. The maximum Gasteiger partial charge on any atom is 0.228 e. The third kappa shape index (κ3) is 3.96. The van der Waals surface area contributed by atoms with E-state index >= 15 is 0 Å². The van der Waals surface area contributed by atoms with E-state index in [1.54, 1.807) is 12.1 Å². The number of nitrogens with zero attached hydrogens (tertiary/aromatic N) is 5. The van der Waals surface area contributed by atoms with Gasteiger partial charge in [-0.1, -0.05) is 24.4 Å². The van der Waals surface area contributed by atoms with Crippen LogP contribution in [0.25, 0.3) is 22.4 Å². The summed E-state index contributed by atoms with van der Waals surface area (Å²) in [4.78, 5) is 21.0. The van der Waals surface area contributed by atoms with Gasteiger partial charge in [-0.3, -0.25) is 0 Å². The zero-order valence-corrected chi connectivity index (χ0v) is 18.5. The molecule has 0 amide bonds. The van der Waals surface area contributed by atoms with Crippen molar-refractivity contribution in [2.45, 2.75) is 45.6 Å². The number of anilines is 1. The zero-order valence-electron chi connectivity index (χ0n) is 17.7. The van der Waals surface area contributed by atoms with Crippen LogP contribution in [-0.4, -0.2) is 45.7 Å². The van der Waals surface area contributed by atoms with E-state index in [0.29, 0.717) is 52.5 Å². The normalized spacial score (nSPS) is 20.0. The molecule has 1 aliphatic carbocycles. The van der Waals surface area contributed by atoms with Crippen molar-refractivity contribution in [2.24, 2.45) is 5.92 Å². The van der Waals surface area contributed by atoms with Crippen molar-refractivity contribution in [1.82, 2.24) is 19.9 Å². The van der Waals surface area contributed by atoms with E-state index in [-0.39, 0.29) is 6.10 Å². The van der Waals surface area contributed by atoms with Gasteiger partial charge in [0.1, 0.15) is 17.0 Å². The minimum Gasteiger partial charge on any atom is -0.374 e. The maximum atomic E-state index is 14.9. The van der Waals surface area contributed by atoms with Crippen molar-refractivity contribution >= 4 is 28.7 Å². The summed E-state index contributed by atoms with van der Waals surface area (Å²) in [6.07, 6.45) is 5.14. The summed E-state index contributed by atoms with van der Waals surface area (Å²) < 4.78 is 20.9. The Morgan fingerprint density at radius 1 is 1.06 bits per heavy atom. The third-order valence-corrected chi connectivity index (χ3v) is 6.65. The first-order valence-corrected chi connectivity index (χ1v) is 11.2. The highest BCUT2D eigenvalue weighted by atomic mass is 35.5. The number of benzene rings is 1. The van der Waals surface area contributed by atoms with E-state index in [1.807, 2.05) is 13.8 Å². The summed E-state index contributed by atoms with van der Waals surface area (Å²) in [6.45, 7) is 5.83. The standard InChI is InChI=1S/C23H25ClFN5O/c1-13-14(2)27-22-21(26-13)20(17-8-7-16(24)11-18(17)25)28-23(29-22)30-9-10-31-19(12-30)15-5-3-4-6-15/h7-8,11,15,19H,3-6,9-10,12H2,1-2H3. The highest BCUT2D eigenvalue weighted by Crippen LogP contribution is 2.33. The highest BCUT2D eigenvalue weighted by molar-refractivity contribution is 6.30. The number of hydrogen-bond acceptors (Lipinski definition) is 6. The van der Waals surface area contributed by atoms with E-state index in [0.717, 1.165) is 17.9 Å². The van der Waals surface area contributed by atoms with Crippen molar-refractivity contribution in [3.05, 3.63) is 40.4 Å². The predicted octanol–water partition coefficient (Wildman–Crippen LogP) is 4.89. The molecule has 3 heterocycles. The summed E-state index contributed by atoms with van der Waals surface area (Å²) in [6, 6.07) is 4.59. The third-order valence-electron chi connectivity index (χ3n) is 6.42. The average Bonchev–Trinajstić information content (AvgIpc) is 3.29. The minimum absolute atomic E-state index is 0.178. The second-order valence-electron chi connectivity index (χ2n) is 8.46. The van der Waals surface area contributed by atoms with Crippen molar-refractivity contribution in [3.63, 3.8) is 0 Å². The monoisotopic (exact) mass is 441 g/mol. The Balaban J connectivity index is 1.61. The van der Waals surface area contributed by atoms with Crippen LogP contribution in [0.15, 0.2) is 18.2 Å². The molecule has 1 atom stereocenters. The Morgan fingerprint density at radius 2 is 1.84 bits per heavy atom. The zero-order chi connectivity index (χ0) is 21.5. The molecule has 1 saturated heterocycles. The number of morpholine rings is 1. The fourth-order valence-corrected chi connectivity index (χ4v) is 4.74. The molecule has 0 spiro atoms. The van der Waals surface area contributed by atoms with Gasteiger partial charge < -0.3 is 9.64 Å². The van der Waals surface area contributed by atoms with Gasteiger partial charge in [-0.2, -0.15) is 4.98 Å². The number of hydrogen-bond donors (Lipinski definition) is 0. The molecule has 8 heteroatoms. The number of aryl methyl sites for hydroxylation is 2. The lowest BCUT2D eigenvalue weighted by Crippen LogP contribution is -2.46. The van der Waals surface area contributed by atoms with Crippen LogP contribution in [-0.2, 0) is 4.74 Å². The molecule has 2 aromatic heterocycles. The fourth-order valence-electron chi connectivity index (χ4n) is 4.58. The largest absolute Gasteiger partial charge is 0.374 e. The van der Waals surface area contributed by atoms with Gasteiger partial charge in [-0.05, 0) is 50.8 Å². The molecule has 0 bridgehead atoms. The number of fused-ring (bicyclic) bond motifs is 1. The molecule has 3 aromatic rings. The molecular weight excluding hydrogens is 417 g/mol. The van der Waals surface area contributed by atoms with Crippen molar-refractivity contribution in [3.8, 4) is 11.3 Å². The molecule has 1 unspecified atom stereocenters. The lowest BCUT2D eigenvalue weighted by molar-refractivity contribution is 0.00289. The van der Waals surface area contributed by atoms with Crippen molar-refractivity contribution in [2.75, 3.05) is 24.6 Å². The summed E-state index contributed by atoms with van der Waals surface area (Å²) in [5.74, 6) is 0.686. The lowest BCUT2D eigenvalue weighted by atomic mass is 9.99. The molecule has 5 rings (SSSR count). The molecule has 6 nitrogen and oxygen atoms in total. The molecule has 1 aliphatic heterocycles. The molecule has 162 valence electrons. The fraction of sp³-hybridized carbons (Fsp3) is 0.478. The highest BCUT2D eigenvalue weighted by Gasteiger charge is 2.31. The van der Waals surface area contributed by atoms with Crippen LogP contribution in [0.1, 0.15) is 37.1 Å². The van der Waals surface area contributed by atoms with Crippen molar-refractivity contribution in [1.29, 1.82) is 0 Å². The molecule has 2 aliphatic rings. The van der Waals surface area contributed by atoms with Gasteiger partial charge in [0.15, 0.2) is 5.65 Å². The van der Waals surface area contributed by atoms with Crippen LogP contribution in [0.3, 0.4) is 0 Å². The van der Waals surface area contributed by atoms with Gasteiger partial charge >= 0.3 is 0 Å². The predicted molar refractivity (Wildman–Crippen MR) is 119 cm³/mol. The van der Waals surface area contributed by atoms with Gasteiger partial charge in [0, 0.05) is 23.7 Å². The lowest BCUT2D eigenvalue weighted by Gasteiger charge is -2.36. The topological polar surface area (TPSA) is 64.0 Å². The van der Waals surface area contributed by atoms with Crippen LogP contribution in [0.4, 0.5) is 10.3 Å². The SMILES string of the molecule is Cc1nc2nc(N3CCOC(C4CCCC4)C3)nc(-c3ccc(Cl)cc3F)c2nc1C. The Kier molecular flexibility index (Phi) is 5.48. The first-order valence-electron chi connectivity index (χ1n) is 10.8. The molecular formula is C23H25ClFN5O. The Hall–Kier alpha value is -2.38. The van der Waals surface area contributed by atoms with Crippen LogP contribution >= 0.6 is 11.6 Å². The Labute approximate surface area is 185 Å². The maximum absolute atomic E-state index is 14.9. The number of rotatable bonds is 3. The number of ether oxygens (including phenoxy) is 1. The summed E-state index contributed by atoms with van der Waals surface area (Å²) >= 11 is 5.98. The van der Waals surface area contributed by atoms with E-state index in [9.17, 15) is 4.39 Å². The van der Waals surface area contributed by atoms with E-state index in [2.05, 4.69) is 14.9 Å². The molecule has 1 saturated carbocycles. The summed E-state index contributed by atoms with van der Waals surface area (Å²) in [5, 5.41) is 0.338. The minimum atomic E-state index is -0.440. The molecule has 31 heavy (non-hydrogen) atoms. The number of aromatic nitrogens is 4. The first kappa shape index (κ1) is 20.5. The molecule has 2 fully saturated rings. The van der Waals surface area contributed by atoms with Gasteiger partial charge in [0.2, 0.25) is 5.95 Å². The summed E-state index contributed by atoms with van der Waals surface area (Å²) in [5.41, 5.74) is 3.32. The van der Waals surface area contributed by atoms with Gasteiger partial charge in [-0.25, -0.2) is 19.3 Å². The van der Waals surface area contributed by atoms with Crippen molar-refractivity contribution < 1.29 is 9.13 Å². The van der Waals surface area contributed by atoms with Crippen LogP contribution in [0.2, 0.25) is 5.02 Å². The van der Waals surface area contributed by atoms with Crippen LogP contribution in [0.5, 0.6) is 0 Å². The van der Waals surface area contributed by atoms with E-state index < -0.39 is 5.82 Å². The second kappa shape index (κ2) is 8.28. The van der Waals surface area contributed by atoms with Crippen LogP contribution < -0.4 is 4.90 Å². The molecule has 0 N–H and O–H groups in total. The average molecular weight is 442 g/mol. The quantitative estimate of drug-likeness (QED) is 0.576. The number of halogens is 2. The van der Waals surface area contributed by atoms with Gasteiger partial charge in [-0.15, -0.1) is 0 Å². The second-order valence-corrected chi connectivity index (χ2v) is 8.90. The Bertz CT molecular complexity index is 1130. The van der Waals surface area contributed by atoms with E-state index in [4.69, 9.17) is 26.3 Å². The van der Waals surface area contributed by atoms with E-state index in [1.165, 1.54) is 31.7 Å². The molecule has 1 aromatic carbocycles. The first-order chi connectivity index (χ1) is 15.0. The summed E-state index contributed by atoms with van der Waals surface area (Å²) in [7, 11) is 0. The van der Waals surface area contributed by atoms with Gasteiger partial charge in [0.05, 0.1) is 24.1 Å². The molecule has 0 radical (unpaired) electrons. The van der Waals surface area contributed by atoms with Crippen LogP contribution in [0, 0.1) is 25.6 Å².